The van der Waals surface area contributed by atoms with Crippen LogP contribution >= 0.6 is 0 Å². The molecule has 2 unspecified atom stereocenters. The fourth-order valence-corrected chi connectivity index (χ4v) is 4.16. The predicted molar refractivity (Wildman–Crippen MR) is 120 cm³/mol. The van der Waals surface area contributed by atoms with E-state index in [1.165, 1.54) is 31.5 Å². The SMILES string of the molecule is COc1cc2nccc(Oc3c(F)cc([N+](=O)[O-])cc3F)c2cc1OC1(C(=O)O)CC1C(C)(C)C. The molecule has 9 nitrogen and oxygen atoms in total. The Kier molecular flexibility index (Phi) is 5.74. The van der Waals surface area contributed by atoms with Gasteiger partial charge in [0.2, 0.25) is 5.60 Å². The summed E-state index contributed by atoms with van der Waals surface area (Å²) in [7, 11) is 1.39. The molecule has 0 amide bonds. The minimum absolute atomic E-state index is 0.0262. The van der Waals surface area contributed by atoms with E-state index in [9.17, 15) is 28.8 Å². The first-order chi connectivity index (χ1) is 16.4. The van der Waals surface area contributed by atoms with Gasteiger partial charge in [0.05, 0.1) is 29.7 Å². The first-order valence-electron chi connectivity index (χ1n) is 10.6. The smallest absolute Gasteiger partial charge is 0.348 e. The summed E-state index contributed by atoms with van der Waals surface area (Å²) in [5.41, 5.74) is -2.23. The maximum atomic E-state index is 14.4. The third kappa shape index (κ3) is 4.29. The largest absolute Gasteiger partial charge is 0.493 e. The quantitative estimate of drug-likeness (QED) is 0.342. The van der Waals surface area contributed by atoms with Crippen LogP contribution in [0.25, 0.3) is 10.9 Å². The zero-order valence-corrected chi connectivity index (χ0v) is 19.3. The van der Waals surface area contributed by atoms with Crippen LogP contribution in [0, 0.1) is 33.1 Å². The number of carbonyl (C=O) groups is 1. The summed E-state index contributed by atoms with van der Waals surface area (Å²) in [5, 5.41) is 21.0. The molecule has 1 aliphatic rings. The number of methoxy groups -OCH3 is 1. The van der Waals surface area contributed by atoms with E-state index in [0.717, 1.165) is 0 Å². The van der Waals surface area contributed by atoms with Crippen molar-refractivity contribution in [2.45, 2.75) is 32.8 Å². The van der Waals surface area contributed by atoms with E-state index in [1.54, 1.807) is 0 Å². The number of nitro benzene ring substituents is 1. The molecule has 11 heteroatoms. The number of halogens is 2. The van der Waals surface area contributed by atoms with Crippen LogP contribution in [0.1, 0.15) is 27.2 Å². The second kappa shape index (κ2) is 8.33. The minimum atomic E-state index is -1.46. The van der Waals surface area contributed by atoms with Crippen molar-refractivity contribution in [1.82, 2.24) is 4.98 Å². The molecule has 0 radical (unpaired) electrons. The van der Waals surface area contributed by atoms with Crippen LogP contribution < -0.4 is 14.2 Å². The first kappa shape index (κ1) is 24.1. The molecule has 0 aliphatic heterocycles. The number of nitro groups is 1. The zero-order valence-electron chi connectivity index (χ0n) is 19.3. The Morgan fingerprint density at radius 3 is 2.34 bits per heavy atom. The Bertz CT molecular complexity index is 1330. The van der Waals surface area contributed by atoms with Crippen molar-refractivity contribution in [3.8, 4) is 23.0 Å². The number of carboxylic acid groups (broad SMARTS) is 1. The van der Waals surface area contributed by atoms with Gasteiger partial charge in [-0.1, -0.05) is 20.8 Å². The summed E-state index contributed by atoms with van der Waals surface area (Å²) in [4.78, 5) is 26.3. The summed E-state index contributed by atoms with van der Waals surface area (Å²) in [6.07, 6.45) is 1.64. The summed E-state index contributed by atoms with van der Waals surface area (Å²) in [5.74, 6) is -4.45. The number of benzene rings is 2. The molecule has 184 valence electrons. The standard InChI is InChI=1S/C24H22F2N2O7/c1-23(2,3)20-11-24(20,22(29)30)35-19-9-13-16(10-18(19)33-4)27-6-5-17(13)34-21-14(25)7-12(28(31)32)8-15(21)26/h5-10,20H,11H2,1-4H3,(H,29,30). The number of rotatable bonds is 7. The minimum Gasteiger partial charge on any atom is -0.493 e. The molecule has 2 atom stereocenters. The maximum absolute atomic E-state index is 14.4. The van der Waals surface area contributed by atoms with E-state index >= 15 is 0 Å². The summed E-state index contributed by atoms with van der Waals surface area (Å²) in [6, 6.07) is 5.37. The Morgan fingerprint density at radius 1 is 1.17 bits per heavy atom. The molecular weight excluding hydrogens is 466 g/mol. The van der Waals surface area contributed by atoms with E-state index in [-0.39, 0.29) is 34.0 Å². The van der Waals surface area contributed by atoms with Crippen LogP contribution in [0.4, 0.5) is 14.5 Å². The number of pyridine rings is 1. The monoisotopic (exact) mass is 488 g/mol. The van der Waals surface area contributed by atoms with Crippen LogP contribution in [-0.2, 0) is 4.79 Å². The summed E-state index contributed by atoms with van der Waals surface area (Å²) >= 11 is 0. The molecule has 0 spiro atoms. The molecule has 4 rings (SSSR count). The van der Waals surface area contributed by atoms with Gasteiger partial charge < -0.3 is 19.3 Å². The normalized spacial score (nSPS) is 19.3. The topological polar surface area (TPSA) is 121 Å². The molecule has 1 saturated carbocycles. The van der Waals surface area contributed by atoms with Crippen molar-refractivity contribution >= 4 is 22.6 Å². The maximum Gasteiger partial charge on any atom is 0.348 e. The highest BCUT2D eigenvalue weighted by Crippen LogP contribution is 2.57. The summed E-state index contributed by atoms with van der Waals surface area (Å²) < 4.78 is 45.7. The molecular formula is C24H22F2N2O7. The molecule has 3 aromatic rings. The van der Waals surface area contributed by atoms with Gasteiger partial charge in [0.15, 0.2) is 28.9 Å². The highest BCUT2D eigenvalue weighted by atomic mass is 19.1. The predicted octanol–water partition coefficient (Wildman–Crippen LogP) is 5.49. The van der Waals surface area contributed by atoms with Crippen molar-refractivity contribution in [2.75, 3.05) is 7.11 Å². The van der Waals surface area contributed by atoms with Gasteiger partial charge >= 0.3 is 5.97 Å². The van der Waals surface area contributed by atoms with Gasteiger partial charge in [-0.05, 0) is 17.5 Å². The van der Waals surface area contributed by atoms with E-state index in [2.05, 4.69) is 4.98 Å². The number of aliphatic carboxylic acids is 1. The van der Waals surface area contributed by atoms with E-state index < -0.39 is 39.6 Å². The molecule has 35 heavy (non-hydrogen) atoms. The van der Waals surface area contributed by atoms with Crippen molar-refractivity contribution in [3.05, 3.63) is 58.3 Å². The fourth-order valence-electron chi connectivity index (χ4n) is 4.16. The van der Waals surface area contributed by atoms with Gasteiger partial charge in [0.1, 0.15) is 5.75 Å². The number of fused-ring (bicyclic) bond motifs is 1. The molecule has 0 saturated heterocycles. The lowest BCUT2D eigenvalue weighted by molar-refractivity contribution is -0.385. The number of ether oxygens (including phenoxy) is 3. The van der Waals surface area contributed by atoms with Crippen LogP contribution in [0.3, 0.4) is 0 Å². The van der Waals surface area contributed by atoms with Gasteiger partial charge in [-0.15, -0.1) is 0 Å². The number of hydrogen-bond acceptors (Lipinski definition) is 7. The average molecular weight is 488 g/mol. The lowest BCUT2D eigenvalue weighted by atomic mass is 9.88. The molecule has 1 aliphatic carbocycles. The van der Waals surface area contributed by atoms with E-state index in [1.807, 2.05) is 20.8 Å². The Morgan fingerprint density at radius 2 is 1.83 bits per heavy atom. The van der Waals surface area contributed by atoms with E-state index in [4.69, 9.17) is 14.2 Å². The fraction of sp³-hybridized carbons (Fsp3) is 0.333. The number of aromatic nitrogens is 1. The van der Waals surface area contributed by atoms with Gasteiger partial charge in [0.25, 0.3) is 5.69 Å². The molecule has 1 fully saturated rings. The second-order valence-electron chi connectivity index (χ2n) is 9.35. The van der Waals surface area contributed by atoms with E-state index in [0.29, 0.717) is 24.1 Å². The highest BCUT2D eigenvalue weighted by molar-refractivity contribution is 5.89. The number of carboxylic acids is 1. The lowest BCUT2D eigenvalue weighted by Crippen LogP contribution is -2.35. The van der Waals surface area contributed by atoms with Gasteiger partial charge in [-0.2, -0.15) is 0 Å². The van der Waals surface area contributed by atoms with Crippen LogP contribution in [0.5, 0.6) is 23.0 Å². The number of nitrogens with zero attached hydrogens (tertiary/aromatic N) is 2. The van der Waals surface area contributed by atoms with Crippen molar-refractivity contribution in [3.63, 3.8) is 0 Å². The third-order valence-electron chi connectivity index (χ3n) is 6.00. The molecule has 1 aromatic heterocycles. The number of hydrogen-bond donors (Lipinski definition) is 1. The van der Waals surface area contributed by atoms with Crippen molar-refractivity contribution in [1.29, 1.82) is 0 Å². The zero-order chi connectivity index (χ0) is 25.7. The van der Waals surface area contributed by atoms with Crippen LogP contribution in [-0.4, -0.2) is 33.7 Å². The highest BCUT2D eigenvalue weighted by Gasteiger charge is 2.67. The number of non-ortho nitro benzene ring substituents is 1. The third-order valence-corrected chi connectivity index (χ3v) is 6.00. The molecule has 0 bridgehead atoms. The Hall–Kier alpha value is -4.02. The molecule has 2 aromatic carbocycles. The van der Waals surface area contributed by atoms with Crippen LogP contribution in [0.15, 0.2) is 36.5 Å². The lowest BCUT2D eigenvalue weighted by Gasteiger charge is -2.24. The molecule has 1 heterocycles. The summed E-state index contributed by atoms with van der Waals surface area (Å²) in [6.45, 7) is 5.77. The first-order valence-corrected chi connectivity index (χ1v) is 10.6. The average Bonchev–Trinajstić information content (AvgIpc) is 3.52. The second-order valence-corrected chi connectivity index (χ2v) is 9.35. The van der Waals surface area contributed by atoms with Gasteiger partial charge in [-0.25, -0.2) is 13.6 Å². The molecule has 1 N–H and O–H groups in total. The van der Waals surface area contributed by atoms with Crippen LogP contribution in [0.2, 0.25) is 0 Å². The van der Waals surface area contributed by atoms with Gasteiger partial charge in [-0.3, -0.25) is 15.1 Å². The van der Waals surface area contributed by atoms with Crippen molar-refractivity contribution < 1.29 is 37.8 Å². The van der Waals surface area contributed by atoms with Crippen molar-refractivity contribution in [2.24, 2.45) is 11.3 Å². The Balaban J connectivity index is 1.78. The van der Waals surface area contributed by atoms with Gasteiger partial charge in [0, 0.05) is 30.0 Å². The Labute approximate surface area is 198 Å².